The monoisotopic (exact) mass is 284 g/mol. The van der Waals surface area contributed by atoms with Crippen molar-refractivity contribution in [2.24, 2.45) is 0 Å². The summed E-state index contributed by atoms with van der Waals surface area (Å²) < 4.78 is 0. The second-order valence-corrected chi connectivity index (χ2v) is 6.31. The lowest BCUT2D eigenvalue weighted by Crippen LogP contribution is -2.41. The summed E-state index contributed by atoms with van der Waals surface area (Å²) in [4.78, 5) is 9.59. The molecule has 1 unspecified atom stereocenters. The first-order valence-electron chi connectivity index (χ1n) is 7.64. The van der Waals surface area contributed by atoms with Crippen LogP contribution in [-0.4, -0.2) is 30.2 Å². The number of allylic oxidation sites excluding steroid dienone is 1. The van der Waals surface area contributed by atoms with E-state index in [4.69, 9.17) is 4.98 Å². The SMILES string of the molecule is C=C(NC(C)C)c1ccc2c(n1)N(C(=C)C)C1CCN2C1. The standard InChI is InChI=1S/C17H24N4/c1-11(2)18-13(5)15-6-7-16-17(19-15)21(12(3)4)14-8-9-20(16)10-14/h6-7,11,14,18H,3,5,8-10H2,1-2,4H3. The van der Waals surface area contributed by atoms with Crippen molar-refractivity contribution in [2.45, 2.75) is 39.3 Å². The molecule has 3 rings (SSSR count). The molecule has 1 aromatic heterocycles. The molecule has 0 radical (unpaired) electrons. The van der Waals surface area contributed by atoms with Gasteiger partial charge in [-0.05, 0) is 39.3 Å². The van der Waals surface area contributed by atoms with E-state index in [0.717, 1.165) is 36.0 Å². The normalized spacial score (nSPS) is 19.7. The molecule has 2 bridgehead atoms. The fourth-order valence-electron chi connectivity index (χ4n) is 3.29. The predicted molar refractivity (Wildman–Crippen MR) is 89.5 cm³/mol. The highest BCUT2D eigenvalue weighted by Gasteiger charge is 2.37. The van der Waals surface area contributed by atoms with Gasteiger partial charge in [0.2, 0.25) is 0 Å². The van der Waals surface area contributed by atoms with E-state index in [2.05, 4.69) is 61.2 Å². The number of hydrogen-bond acceptors (Lipinski definition) is 4. The van der Waals surface area contributed by atoms with Crippen molar-refractivity contribution in [2.75, 3.05) is 22.9 Å². The molecule has 0 aliphatic carbocycles. The van der Waals surface area contributed by atoms with E-state index in [1.54, 1.807) is 0 Å². The first kappa shape index (κ1) is 14.0. The summed E-state index contributed by atoms with van der Waals surface area (Å²) in [7, 11) is 0. The van der Waals surface area contributed by atoms with Crippen LogP contribution in [0.5, 0.6) is 0 Å². The van der Waals surface area contributed by atoms with Gasteiger partial charge in [-0.2, -0.15) is 0 Å². The molecular formula is C17H24N4. The van der Waals surface area contributed by atoms with E-state index in [1.165, 1.54) is 12.1 Å². The molecule has 1 N–H and O–H groups in total. The molecule has 2 aliphatic rings. The first-order valence-corrected chi connectivity index (χ1v) is 7.64. The topological polar surface area (TPSA) is 31.4 Å². The molecule has 1 atom stereocenters. The zero-order chi connectivity index (χ0) is 15.1. The maximum atomic E-state index is 4.87. The van der Waals surface area contributed by atoms with E-state index >= 15 is 0 Å². The van der Waals surface area contributed by atoms with Gasteiger partial charge < -0.3 is 15.1 Å². The summed E-state index contributed by atoms with van der Waals surface area (Å²) in [6.07, 6.45) is 1.17. The van der Waals surface area contributed by atoms with Crippen molar-refractivity contribution in [3.8, 4) is 0 Å². The van der Waals surface area contributed by atoms with Crippen LogP contribution in [0.3, 0.4) is 0 Å². The van der Waals surface area contributed by atoms with Crippen molar-refractivity contribution in [3.63, 3.8) is 0 Å². The average Bonchev–Trinajstić information content (AvgIpc) is 2.82. The quantitative estimate of drug-likeness (QED) is 0.921. The zero-order valence-corrected chi connectivity index (χ0v) is 13.2. The second kappa shape index (κ2) is 5.10. The van der Waals surface area contributed by atoms with E-state index in [9.17, 15) is 0 Å². The van der Waals surface area contributed by atoms with Crippen molar-refractivity contribution in [3.05, 3.63) is 36.7 Å². The van der Waals surface area contributed by atoms with Gasteiger partial charge in [-0.15, -0.1) is 0 Å². The molecule has 0 spiro atoms. The van der Waals surface area contributed by atoms with Gasteiger partial charge in [0.25, 0.3) is 0 Å². The Bertz CT molecular complexity index is 590. The maximum Gasteiger partial charge on any atom is 0.157 e. The summed E-state index contributed by atoms with van der Waals surface area (Å²) in [5.74, 6) is 1.03. The number of anilines is 2. The fourth-order valence-corrected chi connectivity index (χ4v) is 3.29. The molecule has 1 saturated heterocycles. The van der Waals surface area contributed by atoms with E-state index < -0.39 is 0 Å². The smallest absolute Gasteiger partial charge is 0.157 e. The number of nitrogens with one attached hydrogen (secondary N) is 1. The highest BCUT2D eigenvalue weighted by Crippen LogP contribution is 2.40. The van der Waals surface area contributed by atoms with E-state index in [1.807, 2.05) is 0 Å². The number of aromatic nitrogens is 1. The number of rotatable bonds is 4. The average molecular weight is 284 g/mol. The highest BCUT2D eigenvalue weighted by molar-refractivity contribution is 5.76. The Morgan fingerprint density at radius 1 is 1.38 bits per heavy atom. The third-order valence-corrected chi connectivity index (χ3v) is 4.14. The Kier molecular flexibility index (Phi) is 3.40. The van der Waals surface area contributed by atoms with Crippen molar-refractivity contribution >= 4 is 17.2 Å². The Labute approximate surface area is 127 Å². The largest absolute Gasteiger partial charge is 0.382 e. The number of pyridine rings is 1. The Morgan fingerprint density at radius 2 is 2.14 bits per heavy atom. The Hall–Kier alpha value is -1.97. The van der Waals surface area contributed by atoms with E-state index in [0.29, 0.717) is 12.1 Å². The molecule has 2 aliphatic heterocycles. The lowest BCUT2D eigenvalue weighted by molar-refractivity contribution is 0.673. The van der Waals surface area contributed by atoms with Crippen LogP contribution >= 0.6 is 0 Å². The number of nitrogens with zero attached hydrogens (tertiary/aromatic N) is 3. The van der Waals surface area contributed by atoms with Gasteiger partial charge in [0, 0.05) is 24.8 Å². The van der Waals surface area contributed by atoms with Crippen molar-refractivity contribution in [1.82, 2.24) is 10.3 Å². The highest BCUT2D eigenvalue weighted by atomic mass is 15.3. The molecule has 0 aromatic carbocycles. The second-order valence-electron chi connectivity index (χ2n) is 6.31. The molecule has 3 heterocycles. The molecule has 21 heavy (non-hydrogen) atoms. The van der Waals surface area contributed by atoms with Crippen LogP contribution in [0.15, 0.2) is 31.0 Å². The van der Waals surface area contributed by atoms with Gasteiger partial charge in [-0.3, -0.25) is 0 Å². The summed E-state index contributed by atoms with van der Waals surface area (Å²) in [5, 5.41) is 3.34. The minimum absolute atomic E-state index is 0.354. The third kappa shape index (κ3) is 2.39. The summed E-state index contributed by atoms with van der Waals surface area (Å²) in [5.41, 5.74) is 4.07. The van der Waals surface area contributed by atoms with Crippen molar-refractivity contribution in [1.29, 1.82) is 0 Å². The molecule has 1 fully saturated rings. The molecule has 112 valence electrons. The van der Waals surface area contributed by atoms with Crippen molar-refractivity contribution < 1.29 is 0 Å². The number of fused-ring (bicyclic) bond motifs is 4. The lowest BCUT2D eigenvalue weighted by Gasteiger charge is -2.37. The molecule has 1 aromatic rings. The van der Waals surface area contributed by atoms with Gasteiger partial charge in [-0.25, -0.2) is 4.98 Å². The van der Waals surface area contributed by atoms with Crippen LogP contribution < -0.4 is 15.1 Å². The third-order valence-electron chi connectivity index (χ3n) is 4.14. The van der Waals surface area contributed by atoms with Crippen LogP contribution in [0, 0.1) is 0 Å². The van der Waals surface area contributed by atoms with Crippen LogP contribution in [0.25, 0.3) is 5.70 Å². The van der Waals surface area contributed by atoms with Crippen LogP contribution in [0.1, 0.15) is 32.9 Å². The number of hydrogen-bond donors (Lipinski definition) is 1. The molecule has 0 saturated carbocycles. The van der Waals surface area contributed by atoms with Crippen LogP contribution in [0.4, 0.5) is 11.5 Å². The first-order chi connectivity index (χ1) is 9.97. The fraction of sp³-hybridized carbons (Fsp3) is 0.471. The van der Waals surface area contributed by atoms with Gasteiger partial charge >= 0.3 is 0 Å². The summed E-state index contributed by atoms with van der Waals surface area (Å²) >= 11 is 0. The maximum absolute atomic E-state index is 4.87. The predicted octanol–water partition coefficient (Wildman–Crippen LogP) is 2.98. The van der Waals surface area contributed by atoms with E-state index in [-0.39, 0.29) is 0 Å². The zero-order valence-electron chi connectivity index (χ0n) is 13.2. The molecule has 4 heteroatoms. The van der Waals surface area contributed by atoms with Gasteiger partial charge in [0.1, 0.15) is 0 Å². The summed E-state index contributed by atoms with van der Waals surface area (Å²) in [6, 6.07) is 5.09. The van der Waals surface area contributed by atoms with Gasteiger partial charge in [0.15, 0.2) is 5.82 Å². The Balaban J connectivity index is 2.00. The van der Waals surface area contributed by atoms with Gasteiger partial charge in [0.05, 0.1) is 23.1 Å². The molecule has 4 nitrogen and oxygen atoms in total. The minimum Gasteiger partial charge on any atom is -0.382 e. The van der Waals surface area contributed by atoms with Crippen LogP contribution in [0.2, 0.25) is 0 Å². The molecular weight excluding hydrogens is 260 g/mol. The van der Waals surface area contributed by atoms with Crippen LogP contribution in [-0.2, 0) is 0 Å². The lowest BCUT2D eigenvalue weighted by atomic mass is 10.1. The van der Waals surface area contributed by atoms with Gasteiger partial charge in [-0.1, -0.05) is 13.2 Å². The Morgan fingerprint density at radius 3 is 2.81 bits per heavy atom. The summed E-state index contributed by atoms with van der Waals surface area (Å²) in [6.45, 7) is 16.7. The molecule has 0 amide bonds. The minimum atomic E-state index is 0.354.